The second kappa shape index (κ2) is 14.3. The minimum absolute atomic E-state index is 0.0685. The second-order valence-electron chi connectivity index (χ2n) is 2.21. The van der Waals surface area contributed by atoms with Gasteiger partial charge >= 0.3 is 0 Å². The predicted octanol–water partition coefficient (Wildman–Crippen LogP) is 1.80. The number of carbonyl (C=O) groups excluding carboxylic acids is 1. The van der Waals surface area contributed by atoms with E-state index in [9.17, 15) is 4.79 Å². The molecule has 0 radical (unpaired) electrons. The molecule has 0 aliphatic carbocycles. The summed E-state index contributed by atoms with van der Waals surface area (Å²) in [6.45, 7) is 7.13. The fraction of sp³-hybridized carbons (Fsp3) is 0.889. The van der Waals surface area contributed by atoms with Gasteiger partial charge in [-0.3, -0.25) is 9.52 Å². The highest BCUT2D eigenvalue weighted by Crippen LogP contribution is 1.93. The molecule has 0 aliphatic rings. The molecular formula is C9H22N2OS. The van der Waals surface area contributed by atoms with Crippen molar-refractivity contribution < 1.29 is 4.79 Å². The first-order valence-electron chi connectivity index (χ1n) is 4.86. The van der Waals surface area contributed by atoms with Gasteiger partial charge in [0.2, 0.25) is 5.91 Å². The Morgan fingerprint density at radius 2 is 2.00 bits per heavy atom. The summed E-state index contributed by atoms with van der Waals surface area (Å²) >= 11 is 1.46. The van der Waals surface area contributed by atoms with Gasteiger partial charge in [-0.15, -0.1) is 0 Å². The summed E-state index contributed by atoms with van der Waals surface area (Å²) < 4.78 is 3.11. The summed E-state index contributed by atoms with van der Waals surface area (Å²) in [5, 5.41) is 2.56. The maximum absolute atomic E-state index is 10.7. The van der Waals surface area contributed by atoms with Crippen LogP contribution in [0.1, 0.15) is 33.6 Å². The molecule has 0 heterocycles. The van der Waals surface area contributed by atoms with E-state index in [-0.39, 0.29) is 5.91 Å². The third-order valence-electron chi connectivity index (χ3n) is 1.22. The Kier molecular flexibility index (Phi) is 16.8. The van der Waals surface area contributed by atoms with E-state index < -0.39 is 0 Å². The average molecular weight is 206 g/mol. The van der Waals surface area contributed by atoms with Gasteiger partial charge in [0.25, 0.3) is 0 Å². The molecule has 0 aromatic heterocycles. The zero-order valence-electron chi connectivity index (χ0n) is 9.14. The Balaban J connectivity index is 0. The molecule has 0 aliphatic heterocycles. The summed E-state index contributed by atoms with van der Waals surface area (Å²) in [6, 6.07) is 0. The molecule has 13 heavy (non-hydrogen) atoms. The highest BCUT2D eigenvalue weighted by Gasteiger charge is 1.95. The van der Waals surface area contributed by atoms with E-state index >= 15 is 0 Å². The van der Waals surface area contributed by atoms with Crippen molar-refractivity contribution in [3.05, 3.63) is 0 Å². The van der Waals surface area contributed by atoms with Crippen molar-refractivity contribution in [2.24, 2.45) is 0 Å². The first-order chi connectivity index (χ1) is 6.31. The lowest BCUT2D eigenvalue weighted by Gasteiger charge is -2.01. The molecular weight excluding hydrogens is 184 g/mol. The van der Waals surface area contributed by atoms with Gasteiger partial charge in [0.15, 0.2) is 0 Å². The summed E-state index contributed by atoms with van der Waals surface area (Å²) in [5.74, 6) is 0.569. The van der Waals surface area contributed by atoms with Crippen LogP contribution in [0.2, 0.25) is 0 Å². The van der Waals surface area contributed by atoms with E-state index in [1.807, 2.05) is 13.8 Å². The monoisotopic (exact) mass is 206 g/mol. The van der Waals surface area contributed by atoms with Crippen molar-refractivity contribution >= 4 is 17.9 Å². The molecule has 0 unspecified atom stereocenters. The van der Waals surface area contributed by atoms with Gasteiger partial charge in [-0.1, -0.05) is 39.1 Å². The molecule has 0 aromatic carbocycles. The predicted molar refractivity (Wildman–Crippen MR) is 60.8 cm³/mol. The maximum Gasteiger partial charge on any atom is 0.231 e. The minimum Gasteiger partial charge on any atom is -0.358 e. The van der Waals surface area contributed by atoms with E-state index in [4.69, 9.17) is 0 Å². The van der Waals surface area contributed by atoms with Gasteiger partial charge in [0.05, 0.1) is 5.75 Å². The molecule has 2 N–H and O–H groups in total. The Hall–Kier alpha value is -0.220. The fourth-order valence-electron chi connectivity index (χ4n) is 0.510. The van der Waals surface area contributed by atoms with Gasteiger partial charge in [0, 0.05) is 13.6 Å². The van der Waals surface area contributed by atoms with Crippen LogP contribution in [0.4, 0.5) is 0 Å². The van der Waals surface area contributed by atoms with Gasteiger partial charge < -0.3 is 5.32 Å². The van der Waals surface area contributed by atoms with Crippen LogP contribution in [-0.4, -0.2) is 25.3 Å². The molecule has 1 amide bonds. The molecule has 0 rings (SSSR count). The first kappa shape index (κ1) is 15.3. The van der Waals surface area contributed by atoms with Crippen molar-refractivity contribution in [3.8, 4) is 0 Å². The quantitative estimate of drug-likeness (QED) is 0.514. The Morgan fingerprint density at radius 3 is 2.46 bits per heavy atom. The molecule has 0 saturated carbocycles. The minimum atomic E-state index is 0.0685. The Bertz CT molecular complexity index is 110. The van der Waals surface area contributed by atoms with Crippen LogP contribution < -0.4 is 10.0 Å². The molecule has 3 nitrogen and oxygen atoms in total. The third-order valence-corrected chi connectivity index (χ3v) is 2.03. The number of hydrogen-bond donors (Lipinski definition) is 2. The number of unbranched alkanes of at least 4 members (excludes halogenated alkanes) is 1. The third kappa shape index (κ3) is 14.6. The lowest BCUT2D eigenvalue weighted by Crippen LogP contribution is -2.22. The number of hydrogen-bond acceptors (Lipinski definition) is 3. The largest absolute Gasteiger partial charge is 0.358 e. The lowest BCUT2D eigenvalue weighted by molar-refractivity contribution is -0.118. The molecule has 0 atom stereocenters. The van der Waals surface area contributed by atoms with Gasteiger partial charge in [-0.2, -0.15) is 0 Å². The summed E-state index contributed by atoms with van der Waals surface area (Å²) in [4.78, 5) is 10.7. The second-order valence-corrected chi connectivity index (χ2v) is 3.08. The van der Waals surface area contributed by atoms with E-state index in [2.05, 4.69) is 17.0 Å². The van der Waals surface area contributed by atoms with Crippen LogP contribution in [0.25, 0.3) is 0 Å². The molecule has 0 spiro atoms. The Morgan fingerprint density at radius 1 is 1.38 bits per heavy atom. The number of nitrogens with one attached hydrogen (secondary N) is 2. The summed E-state index contributed by atoms with van der Waals surface area (Å²) in [5.41, 5.74) is 0. The van der Waals surface area contributed by atoms with Gasteiger partial charge in [-0.25, -0.2) is 0 Å². The number of carbonyl (C=O) groups is 1. The van der Waals surface area contributed by atoms with E-state index in [1.54, 1.807) is 7.05 Å². The zero-order chi connectivity index (χ0) is 10.5. The standard InChI is InChI=1S/C7H16N2OS.C2H6/c1-3-4-5-9-11-6-7(10)8-2;1-2/h9H,3-6H2,1-2H3,(H,8,10);1-2H3. The number of rotatable bonds is 6. The normalized spacial score (nSPS) is 8.62. The van der Waals surface area contributed by atoms with Crippen LogP contribution in [0.5, 0.6) is 0 Å². The lowest BCUT2D eigenvalue weighted by atomic mass is 10.3. The van der Waals surface area contributed by atoms with E-state index in [0.29, 0.717) is 5.75 Å². The molecule has 0 bridgehead atoms. The summed E-state index contributed by atoms with van der Waals surface area (Å²) in [6.07, 6.45) is 2.36. The van der Waals surface area contributed by atoms with E-state index in [1.165, 1.54) is 24.8 Å². The van der Waals surface area contributed by atoms with Crippen molar-refractivity contribution in [1.29, 1.82) is 0 Å². The highest BCUT2D eigenvalue weighted by molar-refractivity contribution is 7.98. The van der Waals surface area contributed by atoms with Crippen LogP contribution in [-0.2, 0) is 4.79 Å². The Labute approximate surface area is 86.2 Å². The average Bonchev–Trinajstić information content (AvgIpc) is 2.20. The fourth-order valence-corrected chi connectivity index (χ4v) is 1.18. The van der Waals surface area contributed by atoms with E-state index in [0.717, 1.165) is 6.54 Å². The van der Waals surface area contributed by atoms with Crippen molar-refractivity contribution in [2.75, 3.05) is 19.3 Å². The highest BCUT2D eigenvalue weighted by atomic mass is 32.2. The SMILES string of the molecule is CC.CCCCNSCC(=O)NC. The van der Waals surface area contributed by atoms with Gasteiger partial charge in [0.1, 0.15) is 0 Å². The van der Waals surface area contributed by atoms with Crippen LogP contribution in [0.3, 0.4) is 0 Å². The zero-order valence-corrected chi connectivity index (χ0v) is 9.96. The van der Waals surface area contributed by atoms with Crippen LogP contribution in [0, 0.1) is 0 Å². The molecule has 0 aromatic rings. The molecule has 80 valence electrons. The maximum atomic E-state index is 10.7. The molecule has 0 fully saturated rings. The summed E-state index contributed by atoms with van der Waals surface area (Å²) in [7, 11) is 1.65. The molecule has 0 saturated heterocycles. The van der Waals surface area contributed by atoms with Crippen molar-refractivity contribution in [3.63, 3.8) is 0 Å². The van der Waals surface area contributed by atoms with Crippen LogP contribution >= 0.6 is 11.9 Å². The topological polar surface area (TPSA) is 41.1 Å². The smallest absolute Gasteiger partial charge is 0.231 e. The number of amides is 1. The van der Waals surface area contributed by atoms with Gasteiger partial charge in [-0.05, 0) is 6.42 Å². The molecule has 4 heteroatoms. The first-order valence-corrected chi connectivity index (χ1v) is 5.85. The van der Waals surface area contributed by atoms with Crippen molar-refractivity contribution in [2.45, 2.75) is 33.6 Å². The van der Waals surface area contributed by atoms with Crippen molar-refractivity contribution in [1.82, 2.24) is 10.0 Å². The van der Waals surface area contributed by atoms with Crippen LogP contribution in [0.15, 0.2) is 0 Å².